The average molecular weight is 498 g/mol. The number of nitrogens with zero attached hydrogens (tertiary/aromatic N) is 1. The minimum Gasteiger partial charge on any atom is -0.480 e. The van der Waals surface area contributed by atoms with Gasteiger partial charge in [0.2, 0.25) is 0 Å². The number of halogens is 5. The lowest BCUT2D eigenvalue weighted by Crippen LogP contribution is -2.31. The molecule has 6 nitrogen and oxygen atoms in total. The number of pyridine rings is 1. The molecule has 0 saturated carbocycles. The van der Waals surface area contributed by atoms with E-state index in [2.05, 4.69) is 15.6 Å². The Balaban J connectivity index is 1.69. The Labute approximate surface area is 196 Å². The molecule has 172 valence electrons. The van der Waals surface area contributed by atoms with E-state index in [0.717, 1.165) is 12.1 Å². The number of rotatable bonds is 7. The van der Waals surface area contributed by atoms with Gasteiger partial charge in [-0.25, -0.2) is 4.79 Å². The van der Waals surface area contributed by atoms with Crippen molar-refractivity contribution in [3.63, 3.8) is 0 Å². The van der Waals surface area contributed by atoms with Crippen molar-refractivity contribution in [2.24, 2.45) is 0 Å². The molecule has 11 heteroatoms. The van der Waals surface area contributed by atoms with Gasteiger partial charge >= 0.3 is 12.1 Å². The first-order valence-corrected chi connectivity index (χ1v) is 10.2. The zero-order valence-electron chi connectivity index (χ0n) is 16.7. The average Bonchev–Trinajstić information content (AvgIpc) is 2.74. The van der Waals surface area contributed by atoms with Crippen LogP contribution in [0.4, 0.5) is 24.5 Å². The van der Waals surface area contributed by atoms with Crippen LogP contribution in [-0.2, 0) is 17.4 Å². The molecule has 1 amide bonds. The van der Waals surface area contributed by atoms with Crippen molar-refractivity contribution in [3.05, 3.63) is 87.7 Å². The molecule has 2 aromatic carbocycles. The molecule has 0 spiro atoms. The molecule has 0 bridgehead atoms. The topological polar surface area (TPSA) is 91.3 Å². The smallest absolute Gasteiger partial charge is 0.416 e. The fourth-order valence-electron chi connectivity index (χ4n) is 2.97. The Bertz CT molecular complexity index is 1150. The Kier molecular flexibility index (Phi) is 7.45. The number of aliphatic carboxylic acids is 1. The maximum Gasteiger partial charge on any atom is 0.416 e. The monoisotopic (exact) mass is 497 g/mol. The predicted octanol–water partition coefficient (Wildman–Crippen LogP) is 5.77. The van der Waals surface area contributed by atoms with E-state index in [4.69, 9.17) is 23.2 Å². The second-order valence-corrected chi connectivity index (χ2v) is 7.76. The number of carbonyl (C=O) groups excluding carboxylic acids is 1. The number of amides is 1. The van der Waals surface area contributed by atoms with Gasteiger partial charge in [-0.05, 0) is 35.9 Å². The van der Waals surface area contributed by atoms with Crippen molar-refractivity contribution in [2.75, 3.05) is 10.6 Å². The van der Waals surface area contributed by atoms with E-state index < -0.39 is 29.7 Å². The van der Waals surface area contributed by atoms with Crippen LogP contribution in [0.15, 0.2) is 60.9 Å². The van der Waals surface area contributed by atoms with Crippen LogP contribution >= 0.6 is 23.2 Å². The van der Waals surface area contributed by atoms with Gasteiger partial charge in [-0.2, -0.15) is 13.2 Å². The molecule has 1 unspecified atom stereocenters. The van der Waals surface area contributed by atoms with Gasteiger partial charge in [-0.15, -0.1) is 0 Å². The molecule has 0 aliphatic heterocycles. The Hall–Kier alpha value is -3.30. The van der Waals surface area contributed by atoms with E-state index >= 15 is 0 Å². The van der Waals surface area contributed by atoms with Gasteiger partial charge in [0, 0.05) is 30.2 Å². The van der Waals surface area contributed by atoms with Crippen LogP contribution in [0.25, 0.3) is 0 Å². The van der Waals surface area contributed by atoms with Gasteiger partial charge in [0.05, 0.1) is 21.2 Å². The lowest BCUT2D eigenvalue weighted by atomic mass is 10.0. The van der Waals surface area contributed by atoms with E-state index in [-0.39, 0.29) is 27.7 Å². The lowest BCUT2D eigenvalue weighted by molar-refractivity contribution is -0.138. The summed E-state index contributed by atoms with van der Waals surface area (Å²) >= 11 is 11.9. The molecule has 1 aromatic heterocycles. The van der Waals surface area contributed by atoms with Gasteiger partial charge in [-0.1, -0.05) is 41.4 Å². The highest BCUT2D eigenvalue weighted by atomic mass is 35.5. The quantitative estimate of drug-likeness (QED) is 0.385. The van der Waals surface area contributed by atoms with Gasteiger partial charge in [0.25, 0.3) is 5.91 Å². The number of alkyl halides is 3. The van der Waals surface area contributed by atoms with Gasteiger partial charge in [-0.3, -0.25) is 9.78 Å². The summed E-state index contributed by atoms with van der Waals surface area (Å²) in [4.78, 5) is 27.9. The Morgan fingerprint density at radius 2 is 1.64 bits per heavy atom. The zero-order chi connectivity index (χ0) is 24.2. The molecule has 0 aliphatic rings. The van der Waals surface area contributed by atoms with Crippen molar-refractivity contribution in [1.82, 2.24) is 4.98 Å². The van der Waals surface area contributed by atoms with E-state index in [1.165, 1.54) is 24.5 Å². The van der Waals surface area contributed by atoms with Crippen LogP contribution in [0.3, 0.4) is 0 Å². The van der Waals surface area contributed by atoms with Crippen molar-refractivity contribution in [2.45, 2.75) is 18.6 Å². The summed E-state index contributed by atoms with van der Waals surface area (Å²) in [5.41, 5.74) is 0.206. The molecule has 3 aromatic rings. The summed E-state index contributed by atoms with van der Waals surface area (Å²) in [6, 6.07) is 9.43. The molecule has 1 atom stereocenters. The number of carbonyl (C=O) groups is 2. The summed E-state index contributed by atoms with van der Waals surface area (Å²) in [6.45, 7) is 0. The second-order valence-electron chi connectivity index (χ2n) is 6.95. The maximum absolute atomic E-state index is 12.9. The maximum atomic E-state index is 12.9. The standard InChI is InChI=1S/C22H16Cl2F3N3O3/c23-16-10-28-11-17(24)19(16)20(31)30-14-6-4-12(5-7-14)8-18(21(32)33)29-15-3-1-2-13(9-15)22(25,26)27/h1-7,9-11,18,29H,8H2,(H,30,31)(H,32,33). The number of benzene rings is 2. The molecule has 0 fully saturated rings. The van der Waals surface area contributed by atoms with Gasteiger partial charge in [0.1, 0.15) is 6.04 Å². The molecule has 3 N–H and O–H groups in total. The summed E-state index contributed by atoms with van der Waals surface area (Å²) in [5, 5.41) is 14.9. The SMILES string of the molecule is O=C(Nc1ccc(CC(Nc2cccc(C(F)(F)F)c2)C(=O)O)cc1)c1c(Cl)cncc1Cl. The number of carboxylic acid groups (broad SMARTS) is 1. The first-order valence-electron chi connectivity index (χ1n) is 9.40. The molecule has 1 heterocycles. The normalized spacial score (nSPS) is 12.2. The highest BCUT2D eigenvalue weighted by Crippen LogP contribution is 2.31. The predicted molar refractivity (Wildman–Crippen MR) is 119 cm³/mol. The van der Waals surface area contributed by atoms with Gasteiger partial charge < -0.3 is 15.7 Å². The minimum absolute atomic E-state index is 0.0121. The van der Waals surface area contributed by atoms with Crippen LogP contribution in [0.5, 0.6) is 0 Å². The lowest BCUT2D eigenvalue weighted by Gasteiger charge is -2.17. The van der Waals surface area contributed by atoms with Crippen LogP contribution in [0, 0.1) is 0 Å². The molecule has 0 radical (unpaired) electrons. The van der Waals surface area contributed by atoms with E-state index in [1.807, 2.05) is 0 Å². The van der Waals surface area contributed by atoms with Crippen molar-refractivity contribution in [1.29, 1.82) is 0 Å². The number of hydrogen-bond donors (Lipinski definition) is 3. The van der Waals surface area contributed by atoms with Crippen LogP contribution in [0.2, 0.25) is 10.0 Å². The number of nitrogens with one attached hydrogen (secondary N) is 2. The Morgan fingerprint density at radius 3 is 2.21 bits per heavy atom. The van der Waals surface area contributed by atoms with Crippen molar-refractivity contribution in [3.8, 4) is 0 Å². The van der Waals surface area contributed by atoms with E-state index in [1.54, 1.807) is 24.3 Å². The third kappa shape index (κ3) is 6.36. The van der Waals surface area contributed by atoms with Gasteiger partial charge in [0.15, 0.2) is 0 Å². The summed E-state index contributed by atoms with van der Waals surface area (Å²) in [6.07, 6.45) is -1.98. The highest BCUT2D eigenvalue weighted by molar-refractivity contribution is 6.40. The second kappa shape index (κ2) is 10.1. The summed E-state index contributed by atoms with van der Waals surface area (Å²) in [5.74, 6) is -1.78. The highest BCUT2D eigenvalue weighted by Gasteiger charge is 2.30. The number of hydrogen-bond acceptors (Lipinski definition) is 4. The first-order chi connectivity index (χ1) is 15.5. The van der Waals surface area contributed by atoms with Crippen LogP contribution in [-0.4, -0.2) is 28.0 Å². The minimum atomic E-state index is -4.54. The molecular formula is C22H16Cl2F3N3O3. The molecule has 0 saturated heterocycles. The van der Waals surface area contributed by atoms with Crippen LogP contribution < -0.4 is 10.6 Å². The van der Waals surface area contributed by atoms with E-state index in [0.29, 0.717) is 11.3 Å². The summed E-state index contributed by atoms with van der Waals surface area (Å²) in [7, 11) is 0. The molecule has 0 aliphatic carbocycles. The largest absolute Gasteiger partial charge is 0.480 e. The van der Waals surface area contributed by atoms with E-state index in [9.17, 15) is 27.9 Å². The molecular weight excluding hydrogens is 482 g/mol. The van der Waals surface area contributed by atoms with Crippen LogP contribution in [0.1, 0.15) is 21.5 Å². The zero-order valence-corrected chi connectivity index (χ0v) is 18.2. The third-order valence-corrected chi connectivity index (χ3v) is 5.13. The van der Waals surface area contributed by atoms with Crippen molar-refractivity contribution < 1.29 is 27.9 Å². The third-order valence-electron chi connectivity index (χ3n) is 4.56. The fourth-order valence-corrected chi connectivity index (χ4v) is 3.50. The molecule has 3 rings (SSSR count). The number of anilines is 2. The Morgan fingerprint density at radius 1 is 1.00 bits per heavy atom. The fraction of sp³-hybridized carbons (Fsp3) is 0.136. The molecule has 33 heavy (non-hydrogen) atoms. The number of carboxylic acids is 1. The number of aromatic nitrogens is 1. The van der Waals surface area contributed by atoms with Crippen molar-refractivity contribution >= 4 is 46.5 Å². The summed E-state index contributed by atoms with van der Waals surface area (Å²) < 4.78 is 38.7. The first kappa shape index (κ1) is 24.3.